The highest BCUT2D eigenvalue weighted by Crippen LogP contribution is 2.21. The van der Waals surface area contributed by atoms with Crippen molar-refractivity contribution in [1.29, 1.82) is 0 Å². The molecule has 1 aliphatic rings. The van der Waals surface area contributed by atoms with Gasteiger partial charge in [0.15, 0.2) is 0 Å². The molecule has 1 rings (SSSR count). The standard InChI is InChI=1S/C12H26N2O/c1-3-11-7-5-4-6-8-14(11)12(9-13)10-15-2/h11-12H,3-10,13H2,1-2H3. The molecule has 0 radical (unpaired) electrons. The van der Waals surface area contributed by atoms with Crippen LogP contribution < -0.4 is 5.73 Å². The number of methoxy groups -OCH3 is 1. The van der Waals surface area contributed by atoms with Crippen LogP contribution in [0.3, 0.4) is 0 Å². The molecule has 1 saturated heterocycles. The van der Waals surface area contributed by atoms with Crippen LogP contribution in [0.4, 0.5) is 0 Å². The van der Waals surface area contributed by atoms with E-state index in [0.29, 0.717) is 12.6 Å². The van der Waals surface area contributed by atoms with Crippen molar-refractivity contribution in [2.24, 2.45) is 5.73 Å². The van der Waals surface area contributed by atoms with Crippen LogP contribution in [0, 0.1) is 0 Å². The molecule has 3 nitrogen and oxygen atoms in total. The van der Waals surface area contributed by atoms with Gasteiger partial charge >= 0.3 is 0 Å². The van der Waals surface area contributed by atoms with Gasteiger partial charge in [-0.15, -0.1) is 0 Å². The van der Waals surface area contributed by atoms with Crippen LogP contribution in [0.2, 0.25) is 0 Å². The second kappa shape index (κ2) is 7.20. The predicted molar refractivity (Wildman–Crippen MR) is 64.0 cm³/mol. The van der Waals surface area contributed by atoms with Gasteiger partial charge in [0.2, 0.25) is 0 Å². The first kappa shape index (κ1) is 12.9. The summed E-state index contributed by atoms with van der Waals surface area (Å²) in [4.78, 5) is 2.58. The topological polar surface area (TPSA) is 38.5 Å². The monoisotopic (exact) mass is 214 g/mol. The lowest BCUT2D eigenvalue weighted by molar-refractivity contribution is 0.0644. The highest BCUT2D eigenvalue weighted by Gasteiger charge is 2.25. The lowest BCUT2D eigenvalue weighted by Crippen LogP contribution is -2.48. The Bertz CT molecular complexity index is 164. The molecule has 3 heteroatoms. The second-order valence-corrected chi connectivity index (χ2v) is 4.49. The second-order valence-electron chi connectivity index (χ2n) is 4.49. The van der Waals surface area contributed by atoms with Gasteiger partial charge in [-0.2, -0.15) is 0 Å². The van der Waals surface area contributed by atoms with Gasteiger partial charge in [0.25, 0.3) is 0 Å². The van der Waals surface area contributed by atoms with Gasteiger partial charge in [0.1, 0.15) is 0 Å². The molecule has 15 heavy (non-hydrogen) atoms. The third-order valence-electron chi connectivity index (χ3n) is 3.49. The average molecular weight is 214 g/mol. The molecule has 1 aliphatic heterocycles. The third-order valence-corrected chi connectivity index (χ3v) is 3.49. The summed E-state index contributed by atoms with van der Waals surface area (Å²) in [6.07, 6.45) is 6.63. The van der Waals surface area contributed by atoms with Crippen LogP contribution in [0.15, 0.2) is 0 Å². The summed E-state index contributed by atoms with van der Waals surface area (Å²) < 4.78 is 5.26. The molecule has 1 heterocycles. The summed E-state index contributed by atoms with van der Waals surface area (Å²) in [7, 11) is 1.77. The molecule has 0 aliphatic carbocycles. The van der Waals surface area contributed by atoms with E-state index in [0.717, 1.165) is 12.6 Å². The number of ether oxygens (including phenoxy) is 1. The normalized spacial score (nSPS) is 26.2. The Morgan fingerprint density at radius 3 is 2.80 bits per heavy atom. The van der Waals surface area contributed by atoms with Crippen LogP contribution >= 0.6 is 0 Å². The van der Waals surface area contributed by atoms with Crippen molar-refractivity contribution in [2.75, 3.05) is 26.8 Å². The Morgan fingerprint density at radius 1 is 1.40 bits per heavy atom. The van der Waals surface area contributed by atoms with E-state index in [2.05, 4.69) is 11.8 Å². The van der Waals surface area contributed by atoms with Crippen molar-refractivity contribution >= 4 is 0 Å². The van der Waals surface area contributed by atoms with E-state index in [1.165, 1.54) is 38.6 Å². The summed E-state index contributed by atoms with van der Waals surface area (Å²) in [6.45, 7) is 4.96. The number of hydrogen-bond donors (Lipinski definition) is 1. The van der Waals surface area contributed by atoms with Crippen molar-refractivity contribution in [3.8, 4) is 0 Å². The predicted octanol–water partition coefficient (Wildman–Crippen LogP) is 1.61. The Hall–Kier alpha value is -0.120. The Labute approximate surface area is 94.0 Å². The molecule has 0 amide bonds. The van der Waals surface area contributed by atoms with E-state index in [-0.39, 0.29) is 0 Å². The summed E-state index contributed by atoms with van der Waals surface area (Å²) in [5.74, 6) is 0. The quantitative estimate of drug-likeness (QED) is 0.755. The minimum atomic E-state index is 0.415. The van der Waals surface area contributed by atoms with Gasteiger partial charge in [0, 0.05) is 25.7 Å². The van der Waals surface area contributed by atoms with E-state index in [4.69, 9.17) is 10.5 Å². The van der Waals surface area contributed by atoms with Gasteiger partial charge in [-0.25, -0.2) is 0 Å². The van der Waals surface area contributed by atoms with E-state index >= 15 is 0 Å². The Balaban J connectivity index is 2.58. The first-order chi connectivity index (χ1) is 7.33. The molecular formula is C12H26N2O. The summed E-state index contributed by atoms with van der Waals surface area (Å²) in [5, 5.41) is 0. The summed E-state index contributed by atoms with van der Waals surface area (Å²) in [5.41, 5.74) is 5.84. The van der Waals surface area contributed by atoms with Crippen molar-refractivity contribution < 1.29 is 4.74 Å². The largest absolute Gasteiger partial charge is 0.383 e. The molecule has 1 fully saturated rings. The fraction of sp³-hybridized carbons (Fsp3) is 1.00. The molecular weight excluding hydrogens is 188 g/mol. The van der Waals surface area contributed by atoms with E-state index < -0.39 is 0 Å². The maximum Gasteiger partial charge on any atom is 0.0630 e. The number of hydrogen-bond acceptors (Lipinski definition) is 3. The lowest BCUT2D eigenvalue weighted by Gasteiger charge is -2.35. The summed E-state index contributed by atoms with van der Waals surface area (Å²) >= 11 is 0. The first-order valence-corrected chi connectivity index (χ1v) is 6.28. The van der Waals surface area contributed by atoms with Gasteiger partial charge < -0.3 is 10.5 Å². The molecule has 2 atom stereocenters. The SMILES string of the molecule is CCC1CCCCCN1C(CN)COC. The fourth-order valence-corrected chi connectivity index (χ4v) is 2.61. The minimum Gasteiger partial charge on any atom is -0.383 e. The maximum atomic E-state index is 5.84. The molecule has 0 spiro atoms. The number of nitrogens with two attached hydrogens (primary N) is 1. The van der Waals surface area contributed by atoms with Gasteiger partial charge in [0.05, 0.1) is 6.61 Å². The minimum absolute atomic E-state index is 0.415. The van der Waals surface area contributed by atoms with Crippen LogP contribution in [0.1, 0.15) is 39.0 Å². The molecule has 0 aromatic heterocycles. The van der Waals surface area contributed by atoms with Crippen LogP contribution in [0.5, 0.6) is 0 Å². The number of rotatable bonds is 5. The Morgan fingerprint density at radius 2 is 2.20 bits per heavy atom. The van der Waals surface area contributed by atoms with Crippen molar-refractivity contribution in [2.45, 2.75) is 51.1 Å². The van der Waals surface area contributed by atoms with Gasteiger partial charge in [-0.3, -0.25) is 4.90 Å². The van der Waals surface area contributed by atoms with E-state index in [1.807, 2.05) is 0 Å². The maximum absolute atomic E-state index is 5.84. The number of nitrogens with zero attached hydrogens (tertiary/aromatic N) is 1. The highest BCUT2D eigenvalue weighted by molar-refractivity contribution is 4.81. The molecule has 90 valence electrons. The fourth-order valence-electron chi connectivity index (χ4n) is 2.61. The molecule has 0 bridgehead atoms. The summed E-state index contributed by atoms with van der Waals surface area (Å²) in [6, 6.07) is 1.13. The van der Waals surface area contributed by atoms with Crippen molar-refractivity contribution in [1.82, 2.24) is 4.90 Å². The van der Waals surface area contributed by atoms with Crippen molar-refractivity contribution in [3.63, 3.8) is 0 Å². The zero-order valence-corrected chi connectivity index (χ0v) is 10.2. The van der Waals surface area contributed by atoms with E-state index in [9.17, 15) is 0 Å². The first-order valence-electron chi connectivity index (χ1n) is 6.28. The zero-order chi connectivity index (χ0) is 11.1. The molecule has 2 N–H and O–H groups in total. The molecule has 0 saturated carbocycles. The average Bonchev–Trinajstić information content (AvgIpc) is 2.50. The molecule has 2 unspecified atom stereocenters. The van der Waals surface area contributed by atoms with Gasteiger partial charge in [-0.05, 0) is 25.8 Å². The van der Waals surface area contributed by atoms with Crippen LogP contribution in [0.25, 0.3) is 0 Å². The lowest BCUT2D eigenvalue weighted by atomic mass is 10.1. The van der Waals surface area contributed by atoms with E-state index in [1.54, 1.807) is 7.11 Å². The molecule has 0 aromatic rings. The Kier molecular flexibility index (Phi) is 6.22. The van der Waals surface area contributed by atoms with Crippen LogP contribution in [-0.2, 0) is 4.74 Å². The zero-order valence-electron chi connectivity index (χ0n) is 10.2. The molecule has 0 aromatic carbocycles. The smallest absolute Gasteiger partial charge is 0.0630 e. The van der Waals surface area contributed by atoms with Crippen molar-refractivity contribution in [3.05, 3.63) is 0 Å². The van der Waals surface area contributed by atoms with Crippen LogP contribution in [-0.4, -0.2) is 43.8 Å². The van der Waals surface area contributed by atoms with Gasteiger partial charge in [-0.1, -0.05) is 19.8 Å². The third kappa shape index (κ3) is 3.74. The highest BCUT2D eigenvalue weighted by atomic mass is 16.5. The number of likely N-dealkylation sites (tertiary alicyclic amines) is 1.